The van der Waals surface area contributed by atoms with E-state index in [9.17, 15) is 4.79 Å². The van der Waals surface area contributed by atoms with E-state index in [2.05, 4.69) is 16.1 Å². The summed E-state index contributed by atoms with van der Waals surface area (Å²) < 4.78 is 7.22. The summed E-state index contributed by atoms with van der Waals surface area (Å²) in [7, 11) is 1.65. The van der Waals surface area contributed by atoms with Gasteiger partial charge in [0.25, 0.3) is 0 Å². The van der Waals surface area contributed by atoms with Crippen LogP contribution >= 0.6 is 0 Å². The van der Waals surface area contributed by atoms with E-state index in [1.54, 1.807) is 23.8 Å². The van der Waals surface area contributed by atoms with Crippen molar-refractivity contribution < 1.29 is 9.53 Å². The van der Waals surface area contributed by atoms with Crippen molar-refractivity contribution in [1.82, 2.24) is 14.6 Å². The number of ether oxygens (including phenoxy) is 1. The number of allylic oxidation sites excluding steroid dienone is 2. The first-order valence-electron chi connectivity index (χ1n) is 8.74. The molecule has 0 radical (unpaired) electrons. The van der Waals surface area contributed by atoms with E-state index in [0.29, 0.717) is 11.3 Å². The second kappa shape index (κ2) is 7.95. The molecule has 1 aromatic carbocycles. The van der Waals surface area contributed by atoms with Crippen LogP contribution in [0.4, 0.5) is 0 Å². The Hall–Kier alpha value is -3.28. The molecule has 0 saturated heterocycles. The lowest BCUT2D eigenvalue weighted by atomic mass is 10.0. The van der Waals surface area contributed by atoms with Gasteiger partial charge in [0.2, 0.25) is 0 Å². The van der Waals surface area contributed by atoms with Crippen LogP contribution in [0, 0.1) is 19.3 Å². The molecule has 3 aromatic rings. The number of methoxy groups -OCH3 is 1. The number of carbonyl (C=O) groups is 1. The monoisotopic (exact) mass is 362 g/mol. The first kappa shape index (κ1) is 18.5. The minimum absolute atomic E-state index is 0.473. The lowest BCUT2D eigenvalue weighted by Gasteiger charge is -2.11. The Morgan fingerprint density at radius 3 is 2.78 bits per heavy atom. The van der Waals surface area contributed by atoms with Crippen molar-refractivity contribution in [2.24, 2.45) is 0 Å². The molecule has 0 saturated carbocycles. The Bertz CT molecular complexity index is 1030. The molecule has 6 nitrogen and oxygen atoms in total. The van der Waals surface area contributed by atoms with Gasteiger partial charge in [-0.2, -0.15) is 5.10 Å². The average molecular weight is 362 g/mol. The van der Waals surface area contributed by atoms with Crippen molar-refractivity contribution in [3.63, 3.8) is 0 Å². The molecule has 3 rings (SSSR count). The summed E-state index contributed by atoms with van der Waals surface area (Å²) in [4.78, 5) is 16.0. The molecular formula is C21H22N4O2. The maximum Gasteiger partial charge on any atom is 0.168 e. The van der Waals surface area contributed by atoms with Crippen molar-refractivity contribution in [2.75, 3.05) is 7.11 Å². The van der Waals surface area contributed by atoms with Crippen LogP contribution < -0.4 is 4.74 Å². The van der Waals surface area contributed by atoms with Crippen molar-refractivity contribution >= 4 is 18.1 Å². The molecule has 2 heterocycles. The Kier molecular flexibility index (Phi) is 5.45. The van der Waals surface area contributed by atoms with E-state index in [1.165, 1.54) is 6.21 Å². The lowest BCUT2D eigenvalue weighted by molar-refractivity contribution is 0.111. The zero-order chi connectivity index (χ0) is 19.4. The highest BCUT2D eigenvalue weighted by atomic mass is 16.5. The molecule has 0 amide bonds. The summed E-state index contributed by atoms with van der Waals surface area (Å²) in [5.41, 5.74) is 5.59. The van der Waals surface area contributed by atoms with Gasteiger partial charge >= 0.3 is 0 Å². The Balaban J connectivity index is 2.09. The molecule has 27 heavy (non-hydrogen) atoms. The average Bonchev–Trinajstić information content (AvgIpc) is 3.00. The molecule has 0 bridgehead atoms. The number of carbonyl (C=O) groups excluding carboxylic acids is 1. The third kappa shape index (κ3) is 3.65. The summed E-state index contributed by atoms with van der Waals surface area (Å²) in [6, 6.07) is 7.82. The fraction of sp³-hybridized carbons (Fsp3) is 0.238. The summed E-state index contributed by atoms with van der Waals surface area (Å²) in [6.45, 7) is 3.77. The highest BCUT2D eigenvalue weighted by molar-refractivity contribution is 5.86. The van der Waals surface area contributed by atoms with E-state index >= 15 is 0 Å². The Morgan fingerprint density at radius 2 is 2.07 bits per heavy atom. The number of benzene rings is 1. The molecule has 2 aromatic heterocycles. The van der Waals surface area contributed by atoms with E-state index in [1.807, 2.05) is 32.1 Å². The zero-order valence-corrected chi connectivity index (χ0v) is 15.7. The molecule has 0 aliphatic rings. The van der Waals surface area contributed by atoms with Gasteiger partial charge in [-0.05, 0) is 50.5 Å². The number of nitrogens with one attached hydrogen (secondary N) is 1. The second-order valence-electron chi connectivity index (χ2n) is 6.30. The van der Waals surface area contributed by atoms with Crippen molar-refractivity contribution in [3.8, 4) is 16.9 Å². The lowest BCUT2D eigenvalue weighted by Crippen LogP contribution is -2.01. The van der Waals surface area contributed by atoms with Crippen LogP contribution in [0.3, 0.4) is 0 Å². The highest BCUT2D eigenvalue weighted by Crippen LogP contribution is 2.35. The second-order valence-corrected chi connectivity index (χ2v) is 6.30. The van der Waals surface area contributed by atoms with Crippen LogP contribution in [0.25, 0.3) is 16.8 Å². The summed E-state index contributed by atoms with van der Waals surface area (Å²) >= 11 is 0. The number of aldehydes is 1. The Morgan fingerprint density at radius 1 is 1.26 bits per heavy atom. The van der Waals surface area contributed by atoms with Gasteiger partial charge in [0.15, 0.2) is 11.9 Å². The van der Waals surface area contributed by atoms with Crippen LogP contribution in [-0.4, -0.2) is 34.2 Å². The van der Waals surface area contributed by atoms with E-state index < -0.39 is 0 Å². The number of rotatable bonds is 7. The van der Waals surface area contributed by atoms with Crippen LogP contribution in [-0.2, 0) is 6.42 Å². The van der Waals surface area contributed by atoms with Crippen molar-refractivity contribution in [3.05, 3.63) is 59.1 Å². The molecule has 0 atom stereocenters. The van der Waals surface area contributed by atoms with Crippen molar-refractivity contribution in [2.45, 2.75) is 26.7 Å². The first-order chi connectivity index (χ1) is 13.1. The number of hydrogen-bond acceptors (Lipinski definition) is 5. The molecule has 0 fully saturated rings. The number of aryl methyl sites for hydroxylation is 3. The fourth-order valence-corrected chi connectivity index (χ4v) is 3.18. The van der Waals surface area contributed by atoms with Crippen LogP contribution in [0.2, 0.25) is 0 Å². The first-order valence-corrected chi connectivity index (χ1v) is 8.74. The van der Waals surface area contributed by atoms with E-state index in [0.717, 1.165) is 53.0 Å². The zero-order valence-electron chi connectivity index (χ0n) is 15.7. The molecule has 138 valence electrons. The van der Waals surface area contributed by atoms with Gasteiger partial charge in [-0.3, -0.25) is 4.79 Å². The van der Waals surface area contributed by atoms with Crippen LogP contribution in [0.5, 0.6) is 5.75 Å². The molecule has 0 spiro atoms. The fourth-order valence-electron chi connectivity index (χ4n) is 3.18. The molecule has 0 unspecified atom stereocenters. The van der Waals surface area contributed by atoms with Crippen LogP contribution in [0.1, 0.15) is 33.9 Å². The summed E-state index contributed by atoms with van der Waals surface area (Å²) in [6.07, 6.45) is 7.49. The minimum atomic E-state index is 0.473. The molecule has 6 heteroatoms. The van der Waals surface area contributed by atoms with Gasteiger partial charge < -0.3 is 10.1 Å². The van der Waals surface area contributed by atoms with E-state index in [-0.39, 0.29) is 0 Å². The minimum Gasteiger partial charge on any atom is -0.496 e. The van der Waals surface area contributed by atoms with Gasteiger partial charge in [0.05, 0.1) is 18.4 Å². The largest absolute Gasteiger partial charge is 0.496 e. The third-order valence-electron chi connectivity index (χ3n) is 4.41. The Labute approximate surface area is 158 Å². The number of fused-ring (bicyclic) bond motifs is 1. The highest BCUT2D eigenvalue weighted by Gasteiger charge is 2.19. The molecule has 0 aliphatic heterocycles. The molecule has 0 aliphatic carbocycles. The smallest absolute Gasteiger partial charge is 0.168 e. The van der Waals surface area contributed by atoms with Gasteiger partial charge in [-0.15, -0.1) is 0 Å². The number of aromatic nitrogens is 3. The van der Waals surface area contributed by atoms with Gasteiger partial charge in [0, 0.05) is 17.5 Å². The predicted molar refractivity (Wildman–Crippen MR) is 106 cm³/mol. The standard InChI is InChI=1S/C21H22N4O2/c1-14-11-17(13-26)25-21(23-14)20(15(2)24-25)18-9-8-16(12-19(18)27-3)7-5-4-6-10-22/h4,6,8-13,22H,5,7H2,1-3H3/b6-4-,22-10?. The van der Waals surface area contributed by atoms with Gasteiger partial charge in [0.1, 0.15) is 11.4 Å². The number of nitrogens with zero attached hydrogens (tertiary/aromatic N) is 3. The SMILES string of the molecule is COc1cc(CC/C=C\C=N)ccc1-c1c(C)nn2c(C=O)cc(C)nc12. The van der Waals surface area contributed by atoms with Crippen LogP contribution in [0.15, 0.2) is 36.4 Å². The third-order valence-corrected chi connectivity index (χ3v) is 4.41. The predicted octanol–water partition coefficient (Wildman–Crippen LogP) is 3.97. The van der Waals surface area contributed by atoms with Gasteiger partial charge in [-0.25, -0.2) is 9.50 Å². The topological polar surface area (TPSA) is 80.3 Å². The summed E-state index contributed by atoms with van der Waals surface area (Å²) in [5, 5.41) is 11.5. The van der Waals surface area contributed by atoms with E-state index in [4.69, 9.17) is 10.1 Å². The maximum atomic E-state index is 11.4. The van der Waals surface area contributed by atoms with Gasteiger partial charge in [-0.1, -0.05) is 18.2 Å². The quantitative estimate of drug-likeness (QED) is 0.509. The molecule has 1 N–H and O–H groups in total. The number of hydrogen-bond donors (Lipinski definition) is 1. The summed E-state index contributed by atoms with van der Waals surface area (Å²) in [5.74, 6) is 0.748. The maximum absolute atomic E-state index is 11.4. The normalized spacial score (nSPS) is 11.2. The molecular weight excluding hydrogens is 340 g/mol. The van der Waals surface area contributed by atoms with Crippen molar-refractivity contribution in [1.29, 1.82) is 5.41 Å².